The van der Waals surface area contributed by atoms with E-state index in [2.05, 4.69) is 4.98 Å². The third kappa shape index (κ3) is 3.35. The fourth-order valence-electron chi connectivity index (χ4n) is 2.58. The zero-order chi connectivity index (χ0) is 15.4. The summed E-state index contributed by atoms with van der Waals surface area (Å²) in [6.07, 6.45) is -0.556. The summed E-state index contributed by atoms with van der Waals surface area (Å²) in [7, 11) is 0. The van der Waals surface area contributed by atoms with E-state index in [9.17, 15) is 5.11 Å². The quantitative estimate of drug-likeness (QED) is 0.761. The lowest BCUT2D eigenvalue weighted by Crippen LogP contribution is -2.22. The molecular weight excluding hydrogens is 276 g/mol. The van der Waals surface area contributed by atoms with Crippen molar-refractivity contribution in [2.45, 2.75) is 26.2 Å². The first-order valence-electron chi connectivity index (χ1n) is 7.45. The second-order valence-electron chi connectivity index (χ2n) is 5.41. The molecule has 1 unspecified atom stereocenters. The van der Waals surface area contributed by atoms with E-state index < -0.39 is 6.10 Å². The van der Waals surface area contributed by atoms with Gasteiger partial charge in [-0.15, -0.1) is 0 Å². The molecule has 3 aromatic rings. The Labute approximate surface area is 130 Å². The minimum Gasteiger partial charge on any atom is -0.389 e. The van der Waals surface area contributed by atoms with Gasteiger partial charge in [0.25, 0.3) is 0 Å². The Hall–Kier alpha value is -2.17. The summed E-state index contributed by atoms with van der Waals surface area (Å²) in [6, 6.07) is 17.9. The molecule has 22 heavy (non-hydrogen) atoms. The lowest BCUT2D eigenvalue weighted by Gasteiger charge is -2.14. The molecule has 0 saturated heterocycles. The van der Waals surface area contributed by atoms with Gasteiger partial charge >= 0.3 is 0 Å². The maximum absolute atomic E-state index is 10.2. The van der Waals surface area contributed by atoms with Crippen LogP contribution in [0.2, 0.25) is 0 Å². The maximum atomic E-state index is 10.2. The molecule has 1 N–H and O–H groups in total. The van der Waals surface area contributed by atoms with Crippen molar-refractivity contribution in [1.82, 2.24) is 9.55 Å². The van der Waals surface area contributed by atoms with Gasteiger partial charge in [-0.25, -0.2) is 4.98 Å². The number of ether oxygens (including phenoxy) is 1. The fourth-order valence-corrected chi connectivity index (χ4v) is 2.58. The minimum atomic E-state index is -0.556. The Balaban J connectivity index is 1.59. The number of rotatable bonds is 6. The third-order valence-corrected chi connectivity index (χ3v) is 3.66. The predicted molar refractivity (Wildman–Crippen MR) is 86.6 cm³/mol. The van der Waals surface area contributed by atoms with Crippen LogP contribution >= 0.6 is 0 Å². The lowest BCUT2D eigenvalue weighted by molar-refractivity contribution is 0.0206. The van der Waals surface area contributed by atoms with Crippen molar-refractivity contribution in [3.63, 3.8) is 0 Å². The summed E-state index contributed by atoms with van der Waals surface area (Å²) < 4.78 is 7.63. The Morgan fingerprint density at radius 1 is 1.09 bits per heavy atom. The van der Waals surface area contributed by atoms with E-state index in [1.54, 1.807) is 0 Å². The van der Waals surface area contributed by atoms with E-state index >= 15 is 0 Å². The van der Waals surface area contributed by atoms with Crippen LogP contribution in [-0.2, 0) is 17.9 Å². The van der Waals surface area contributed by atoms with Crippen molar-refractivity contribution in [3.05, 3.63) is 66.0 Å². The van der Waals surface area contributed by atoms with Crippen LogP contribution in [0, 0.1) is 6.92 Å². The summed E-state index contributed by atoms with van der Waals surface area (Å²) in [5, 5.41) is 10.2. The van der Waals surface area contributed by atoms with Gasteiger partial charge in [0.15, 0.2) is 0 Å². The van der Waals surface area contributed by atoms with Crippen LogP contribution in [0.1, 0.15) is 11.4 Å². The second kappa shape index (κ2) is 6.73. The molecule has 4 heteroatoms. The second-order valence-corrected chi connectivity index (χ2v) is 5.41. The van der Waals surface area contributed by atoms with E-state index in [4.69, 9.17) is 4.74 Å². The summed E-state index contributed by atoms with van der Waals surface area (Å²) in [5.41, 5.74) is 3.11. The molecule has 1 heterocycles. The van der Waals surface area contributed by atoms with Crippen LogP contribution in [0.5, 0.6) is 0 Å². The van der Waals surface area contributed by atoms with Crippen LogP contribution < -0.4 is 0 Å². The number of para-hydroxylation sites is 2. The molecule has 0 fully saturated rings. The van der Waals surface area contributed by atoms with Crippen LogP contribution in [0.4, 0.5) is 0 Å². The maximum Gasteiger partial charge on any atom is 0.106 e. The van der Waals surface area contributed by atoms with Gasteiger partial charge < -0.3 is 14.4 Å². The zero-order valence-corrected chi connectivity index (χ0v) is 12.6. The van der Waals surface area contributed by atoms with E-state index in [1.165, 1.54) is 0 Å². The largest absolute Gasteiger partial charge is 0.389 e. The van der Waals surface area contributed by atoms with Crippen molar-refractivity contribution in [1.29, 1.82) is 0 Å². The highest BCUT2D eigenvalue weighted by atomic mass is 16.5. The number of aliphatic hydroxyl groups excluding tert-OH is 1. The van der Waals surface area contributed by atoms with Gasteiger partial charge in [0.1, 0.15) is 5.82 Å². The van der Waals surface area contributed by atoms with E-state index in [0.717, 1.165) is 22.4 Å². The van der Waals surface area contributed by atoms with Crippen LogP contribution in [0.25, 0.3) is 11.0 Å². The van der Waals surface area contributed by atoms with Crippen molar-refractivity contribution >= 4 is 11.0 Å². The predicted octanol–water partition coefficient (Wildman–Crippen LogP) is 2.92. The van der Waals surface area contributed by atoms with Gasteiger partial charge in [-0.2, -0.15) is 0 Å². The van der Waals surface area contributed by atoms with Gasteiger partial charge in [0.2, 0.25) is 0 Å². The molecule has 0 spiro atoms. The van der Waals surface area contributed by atoms with Crippen molar-refractivity contribution in [3.8, 4) is 0 Å². The smallest absolute Gasteiger partial charge is 0.106 e. The van der Waals surface area contributed by atoms with Gasteiger partial charge in [0.05, 0.1) is 36.9 Å². The molecule has 1 atom stereocenters. The van der Waals surface area contributed by atoms with Gasteiger partial charge in [-0.1, -0.05) is 42.5 Å². The first-order chi connectivity index (χ1) is 10.7. The highest BCUT2D eigenvalue weighted by molar-refractivity contribution is 5.75. The van der Waals surface area contributed by atoms with Crippen LogP contribution in [-0.4, -0.2) is 27.4 Å². The number of hydrogen-bond donors (Lipinski definition) is 1. The number of aryl methyl sites for hydroxylation is 1. The molecule has 2 aromatic carbocycles. The minimum absolute atomic E-state index is 0.306. The first kappa shape index (κ1) is 14.8. The number of aromatic nitrogens is 2. The molecule has 0 saturated carbocycles. The first-order valence-corrected chi connectivity index (χ1v) is 7.45. The van der Waals surface area contributed by atoms with Crippen LogP contribution in [0.15, 0.2) is 54.6 Å². The van der Waals surface area contributed by atoms with Crippen LogP contribution in [0.3, 0.4) is 0 Å². The highest BCUT2D eigenvalue weighted by Crippen LogP contribution is 2.16. The third-order valence-electron chi connectivity index (χ3n) is 3.66. The number of nitrogens with zero attached hydrogens (tertiary/aromatic N) is 2. The van der Waals surface area contributed by atoms with Gasteiger partial charge in [-0.05, 0) is 24.6 Å². The standard InChI is InChI=1S/C18H20N2O2/c1-14-19-17-9-5-6-10-18(17)20(14)11-16(21)13-22-12-15-7-3-2-4-8-15/h2-10,16,21H,11-13H2,1H3. The molecule has 0 aliphatic carbocycles. The molecule has 0 amide bonds. The number of hydrogen-bond acceptors (Lipinski definition) is 3. The van der Waals surface area contributed by atoms with Gasteiger partial charge in [0, 0.05) is 0 Å². The Morgan fingerprint density at radius 2 is 1.82 bits per heavy atom. The summed E-state index contributed by atoms with van der Waals surface area (Å²) in [5.74, 6) is 0.906. The number of benzene rings is 2. The molecule has 3 rings (SSSR count). The SMILES string of the molecule is Cc1nc2ccccc2n1CC(O)COCc1ccccc1. The van der Waals surface area contributed by atoms with E-state index in [0.29, 0.717) is 19.8 Å². The average Bonchev–Trinajstić information content (AvgIpc) is 2.84. The Bertz CT molecular complexity index is 737. The fraction of sp³-hybridized carbons (Fsp3) is 0.278. The van der Waals surface area contributed by atoms with E-state index in [1.807, 2.05) is 66.1 Å². The van der Waals surface area contributed by atoms with Crippen molar-refractivity contribution in [2.75, 3.05) is 6.61 Å². The molecule has 1 aromatic heterocycles. The Kier molecular flexibility index (Phi) is 4.51. The molecule has 0 aliphatic heterocycles. The Morgan fingerprint density at radius 3 is 2.64 bits per heavy atom. The zero-order valence-electron chi connectivity index (χ0n) is 12.6. The van der Waals surface area contributed by atoms with E-state index in [-0.39, 0.29) is 0 Å². The molecule has 4 nitrogen and oxygen atoms in total. The molecule has 0 aliphatic rings. The lowest BCUT2D eigenvalue weighted by atomic mass is 10.2. The topological polar surface area (TPSA) is 47.3 Å². The number of fused-ring (bicyclic) bond motifs is 1. The average molecular weight is 296 g/mol. The monoisotopic (exact) mass is 296 g/mol. The summed E-state index contributed by atoms with van der Waals surface area (Å²) >= 11 is 0. The molecular formula is C18H20N2O2. The van der Waals surface area contributed by atoms with Crippen molar-refractivity contribution in [2.24, 2.45) is 0 Å². The molecule has 114 valence electrons. The van der Waals surface area contributed by atoms with Crippen molar-refractivity contribution < 1.29 is 9.84 Å². The summed E-state index contributed by atoms with van der Waals surface area (Å²) in [4.78, 5) is 4.51. The number of imidazole rings is 1. The summed E-state index contributed by atoms with van der Waals surface area (Å²) in [6.45, 7) is 3.26. The molecule has 0 bridgehead atoms. The molecule has 0 radical (unpaired) electrons. The normalized spacial score (nSPS) is 12.6. The highest BCUT2D eigenvalue weighted by Gasteiger charge is 2.11. The van der Waals surface area contributed by atoms with Gasteiger partial charge in [-0.3, -0.25) is 0 Å². The number of aliphatic hydroxyl groups is 1.